The third kappa shape index (κ3) is 2.18. The lowest BCUT2D eigenvalue weighted by Crippen LogP contribution is -2.33. The zero-order valence-electron chi connectivity index (χ0n) is 9.13. The summed E-state index contributed by atoms with van der Waals surface area (Å²) in [4.78, 5) is 23.4. The monoisotopic (exact) mass is 360 g/mol. The maximum atomic E-state index is 12.2. The number of rotatable bonds is 3. The van der Waals surface area contributed by atoms with E-state index in [4.69, 9.17) is 4.74 Å². The fraction of sp³-hybridized carbons (Fsp3) is 0.333. The zero-order valence-corrected chi connectivity index (χ0v) is 12.3. The van der Waals surface area contributed by atoms with E-state index in [0.717, 1.165) is 0 Å². The number of carbonyl (C=O) groups excluding carboxylic acids is 2. The number of halogens is 2. The van der Waals surface area contributed by atoms with Crippen LogP contribution in [0.3, 0.4) is 0 Å². The molecule has 1 aliphatic rings. The van der Waals surface area contributed by atoms with Gasteiger partial charge in [-0.25, -0.2) is 0 Å². The second-order valence-electron chi connectivity index (χ2n) is 3.87. The summed E-state index contributed by atoms with van der Waals surface area (Å²) in [6.45, 7) is 1.47. The molecule has 1 heterocycles. The largest absolute Gasteiger partial charge is 0.467 e. The first kappa shape index (κ1) is 12.8. The first-order chi connectivity index (χ1) is 7.98. The van der Waals surface area contributed by atoms with Gasteiger partial charge >= 0.3 is 0 Å². The Hall–Kier alpha value is -0.680. The Kier molecular flexibility index (Phi) is 3.41. The Labute approximate surface area is 116 Å². The van der Waals surface area contributed by atoms with Crippen LogP contribution in [0.2, 0.25) is 0 Å². The second kappa shape index (κ2) is 4.53. The van der Waals surface area contributed by atoms with E-state index < -0.39 is 4.51 Å². The van der Waals surface area contributed by atoms with Crippen LogP contribution < -0.4 is 4.74 Å². The van der Waals surface area contributed by atoms with Gasteiger partial charge in [-0.05, 0) is 41.1 Å². The van der Waals surface area contributed by atoms with Crippen molar-refractivity contribution in [3.63, 3.8) is 0 Å². The number of carbonyl (C=O) groups is 2. The van der Waals surface area contributed by atoms with Gasteiger partial charge in [-0.3, -0.25) is 9.59 Å². The van der Waals surface area contributed by atoms with Crippen LogP contribution in [-0.2, 0) is 0 Å². The molecule has 1 aliphatic heterocycles. The number of Topliss-reactive ketones (excluding diaryl/α,β-unsaturated/α-hetero) is 2. The maximum absolute atomic E-state index is 12.2. The van der Waals surface area contributed by atoms with Crippen molar-refractivity contribution in [2.75, 3.05) is 5.33 Å². The van der Waals surface area contributed by atoms with Crippen LogP contribution >= 0.6 is 31.9 Å². The number of hydrogen-bond donors (Lipinski definition) is 0. The van der Waals surface area contributed by atoms with E-state index in [1.165, 1.54) is 6.92 Å². The summed E-state index contributed by atoms with van der Waals surface area (Å²) in [5, 5.41) is 0.650. The second-order valence-corrected chi connectivity index (χ2v) is 5.94. The molecule has 0 aromatic heterocycles. The van der Waals surface area contributed by atoms with Crippen LogP contribution in [0.5, 0.6) is 5.75 Å². The number of ether oxygens (including phenoxy) is 1. The van der Waals surface area contributed by atoms with Crippen molar-refractivity contribution in [3.8, 4) is 5.75 Å². The number of alkyl halides is 2. The van der Waals surface area contributed by atoms with Crippen molar-refractivity contribution in [2.24, 2.45) is 0 Å². The maximum Gasteiger partial charge on any atom is 0.226 e. The van der Waals surface area contributed by atoms with Crippen molar-refractivity contribution < 1.29 is 14.3 Å². The lowest BCUT2D eigenvalue weighted by molar-refractivity contribution is 0.0812. The highest BCUT2D eigenvalue weighted by molar-refractivity contribution is 9.10. The van der Waals surface area contributed by atoms with Crippen molar-refractivity contribution >= 4 is 43.4 Å². The molecule has 0 N–H and O–H groups in total. The predicted molar refractivity (Wildman–Crippen MR) is 71.5 cm³/mol. The molecule has 0 bridgehead atoms. The first-order valence-corrected chi connectivity index (χ1v) is 7.03. The van der Waals surface area contributed by atoms with Crippen molar-refractivity contribution in [1.29, 1.82) is 0 Å². The molecule has 1 atom stereocenters. The highest BCUT2D eigenvalue weighted by Crippen LogP contribution is 2.41. The fourth-order valence-corrected chi connectivity index (χ4v) is 3.40. The Bertz CT molecular complexity index is 499. The molecule has 0 saturated heterocycles. The normalized spacial score (nSPS) is 22.2. The SMILES string of the molecule is CC(=O)c1ccc2c(c1)C(=O)C(Br)(CCBr)O2. The molecule has 1 aromatic rings. The molecule has 0 saturated carbocycles. The van der Waals surface area contributed by atoms with Gasteiger partial charge < -0.3 is 4.74 Å². The van der Waals surface area contributed by atoms with Crippen LogP contribution in [0.1, 0.15) is 34.1 Å². The average Bonchev–Trinajstić information content (AvgIpc) is 2.51. The molecule has 1 unspecified atom stereocenters. The van der Waals surface area contributed by atoms with Gasteiger partial charge in [0, 0.05) is 17.3 Å². The van der Waals surface area contributed by atoms with E-state index in [2.05, 4.69) is 31.9 Å². The summed E-state index contributed by atoms with van der Waals surface area (Å²) < 4.78 is 4.62. The number of hydrogen-bond acceptors (Lipinski definition) is 3. The third-order valence-corrected chi connectivity index (χ3v) is 3.97. The van der Waals surface area contributed by atoms with Crippen LogP contribution in [-0.4, -0.2) is 21.4 Å². The lowest BCUT2D eigenvalue weighted by Gasteiger charge is -2.18. The molecule has 2 rings (SSSR count). The van der Waals surface area contributed by atoms with Crippen LogP contribution in [0, 0.1) is 0 Å². The first-order valence-electron chi connectivity index (χ1n) is 5.11. The standard InChI is InChI=1S/C12H10Br2O3/c1-7(15)8-2-3-10-9(6-8)11(16)12(14,17-10)4-5-13/h2-3,6H,4-5H2,1H3. The number of benzene rings is 1. The minimum Gasteiger partial charge on any atom is -0.467 e. The molecular formula is C12H10Br2O3. The van der Waals surface area contributed by atoms with E-state index in [9.17, 15) is 9.59 Å². The molecule has 0 spiro atoms. The minimum absolute atomic E-state index is 0.0619. The zero-order chi connectivity index (χ0) is 12.6. The molecule has 0 radical (unpaired) electrons. The molecule has 3 nitrogen and oxygen atoms in total. The van der Waals surface area contributed by atoms with E-state index in [-0.39, 0.29) is 11.6 Å². The van der Waals surface area contributed by atoms with Gasteiger partial charge in [0.25, 0.3) is 0 Å². The van der Waals surface area contributed by atoms with Crippen LogP contribution in [0.25, 0.3) is 0 Å². The summed E-state index contributed by atoms with van der Waals surface area (Å²) in [6, 6.07) is 4.93. The van der Waals surface area contributed by atoms with E-state index >= 15 is 0 Å². The summed E-state index contributed by atoms with van der Waals surface area (Å²) in [7, 11) is 0. The Morgan fingerprint density at radius 3 is 2.76 bits per heavy atom. The Morgan fingerprint density at radius 1 is 1.47 bits per heavy atom. The van der Waals surface area contributed by atoms with Gasteiger partial charge in [-0.1, -0.05) is 15.9 Å². The quantitative estimate of drug-likeness (QED) is 0.612. The highest BCUT2D eigenvalue weighted by atomic mass is 79.9. The van der Waals surface area contributed by atoms with Gasteiger partial charge in [0.2, 0.25) is 10.3 Å². The number of fused-ring (bicyclic) bond motifs is 1. The molecule has 5 heteroatoms. The molecule has 90 valence electrons. The average molecular weight is 362 g/mol. The van der Waals surface area contributed by atoms with Crippen LogP contribution in [0.15, 0.2) is 18.2 Å². The molecule has 1 aromatic carbocycles. The topological polar surface area (TPSA) is 43.4 Å². The molecule has 0 amide bonds. The van der Waals surface area contributed by atoms with Gasteiger partial charge in [-0.2, -0.15) is 0 Å². The van der Waals surface area contributed by atoms with E-state index in [0.29, 0.717) is 28.6 Å². The fourth-order valence-electron chi connectivity index (χ4n) is 1.72. The Balaban J connectivity index is 2.42. The Morgan fingerprint density at radius 2 is 2.18 bits per heavy atom. The van der Waals surface area contributed by atoms with E-state index in [1.807, 2.05) is 0 Å². The van der Waals surface area contributed by atoms with Gasteiger partial charge in [-0.15, -0.1) is 0 Å². The van der Waals surface area contributed by atoms with Gasteiger partial charge in [0.1, 0.15) is 5.75 Å². The minimum atomic E-state index is -0.992. The van der Waals surface area contributed by atoms with Crippen molar-refractivity contribution in [2.45, 2.75) is 17.9 Å². The van der Waals surface area contributed by atoms with Crippen molar-refractivity contribution in [3.05, 3.63) is 29.3 Å². The predicted octanol–water partition coefficient (Wildman–Crippen LogP) is 3.34. The third-order valence-electron chi connectivity index (χ3n) is 2.66. The number of ketones is 2. The molecule has 0 fully saturated rings. The summed E-state index contributed by atoms with van der Waals surface area (Å²) in [6.07, 6.45) is 0.524. The smallest absolute Gasteiger partial charge is 0.226 e. The van der Waals surface area contributed by atoms with Gasteiger partial charge in [0.15, 0.2) is 5.78 Å². The molecule has 17 heavy (non-hydrogen) atoms. The summed E-state index contributed by atoms with van der Waals surface area (Å²) >= 11 is 6.62. The van der Waals surface area contributed by atoms with Crippen molar-refractivity contribution in [1.82, 2.24) is 0 Å². The van der Waals surface area contributed by atoms with E-state index in [1.54, 1.807) is 18.2 Å². The summed E-state index contributed by atoms with van der Waals surface area (Å²) in [5.41, 5.74) is 0.992. The molecule has 0 aliphatic carbocycles. The van der Waals surface area contributed by atoms with Crippen LogP contribution in [0.4, 0.5) is 0 Å². The van der Waals surface area contributed by atoms with Gasteiger partial charge in [0.05, 0.1) is 5.56 Å². The lowest BCUT2D eigenvalue weighted by atomic mass is 10.0. The molecular weight excluding hydrogens is 352 g/mol. The summed E-state index contributed by atoms with van der Waals surface area (Å²) in [5.74, 6) is 0.334. The highest BCUT2D eigenvalue weighted by Gasteiger charge is 2.45.